The van der Waals surface area contributed by atoms with E-state index in [9.17, 15) is 0 Å². The number of hydrogen-bond donors (Lipinski definition) is 0. The number of nitrogens with zero attached hydrogens (tertiary/aromatic N) is 1. The molecule has 0 amide bonds. The molecule has 0 radical (unpaired) electrons. The van der Waals surface area contributed by atoms with Gasteiger partial charge in [0.1, 0.15) is 0 Å². The third-order valence-corrected chi connectivity index (χ3v) is 3.67. The predicted octanol–water partition coefficient (Wildman–Crippen LogP) is 4.27. The van der Waals surface area contributed by atoms with Crippen molar-refractivity contribution >= 4 is 23.2 Å². The predicted molar refractivity (Wildman–Crippen MR) is 72.6 cm³/mol. The second-order valence-electron chi connectivity index (χ2n) is 3.96. The van der Waals surface area contributed by atoms with Crippen LogP contribution >= 0.6 is 23.2 Å². The lowest BCUT2D eigenvalue weighted by molar-refractivity contribution is 0.304. The number of benzene rings is 1. The molecule has 1 atom stereocenters. The van der Waals surface area contributed by atoms with Gasteiger partial charge in [0, 0.05) is 11.6 Å². The molecule has 0 bridgehead atoms. The van der Waals surface area contributed by atoms with Gasteiger partial charge < -0.3 is 4.90 Å². The molecule has 16 heavy (non-hydrogen) atoms. The molecule has 1 rings (SSSR count). The van der Waals surface area contributed by atoms with Crippen molar-refractivity contribution in [3.05, 3.63) is 34.3 Å². The zero-order valence-corrected chi connectivity index (χ0v) is 11.6. The van der Waals surface area contributed by atoms with Crippen LogP contribution in [-0.4, -0.2) is 24.5 Å². The van der Waals surface area contributed by atoms with Gasteiger partial charge in [0.2, 0.25) is 0 Å². The van der Waals surface area contributed by atoms with Crippen LogP contribution in [0.1, 0.15) is 30.4 Å². The molecule has 0 aliphatic rings. The molecule has 0 saturated carbocycles. The van der Waals surface area contributed by atoms with Crippen molar-refractivity contribution in [2.24, 2.45) is 0 Å². The van der Waals surface area contributed by atoms with Crippen LogP contribution in [0.4, 0.5) is 0 Å². The topological polar surface area (TPSA) is 3.24 Å². The summed E-state index contributed by atoms with van der Waals surface area (Å²) in [6.07, 6.45) is 0. The van der Waals surface area contributed by atoms with E-state index in [0.29, 0.717) is 0 Å². The van der Waals surface area contributed by atoms with Gasteiger partial charge in [-0.3, -0.25) is 0 Å². The molecule has 1 aromatic carbocycles. The number of rotatable bonds is 5. The Hall–Kier alpha value is -0.240. The summed E-state index contributed by atoms with van der Waals surface area (Å²) in [4.78, 5) is 2.32. The average Bonchev–Trinajstić information content (AvgIpc) is 2.29. The van der Waals surface area contributed by atoms with Crippen LogP contribution < -0.4 is 0 Å². The van der Waals surface area contributed by atoms with Crippen molar-refractivity contribution in [1.82, 2.24) is 4.90 Å². The standard InChI is InChI=1S/C13H19Cl2N/c1-4-16(5-2)9-13(15)11-6-7-12(14)10(3)8-11/h6-8,13H,4-5,9H2,1-3H3. The van der Waals surface area contributed by atoms with Gasteiger partial charge in [0.25, 0.3) is 0 Å². The Morgan fingerprint density at radius 3 is 2.38 bits per heavy atom. The lowest BCUT2D eigenvalue weighted by atomic mass is 10.1. The quantitative estimate of drug-likeness (QED) is 0.714. The molecule has 0 fully saturated rings. The molecular formula is C13H19Cl2N. The highest BCUT2D eigenvalue weighted by Crippen LogP contribution is 2.25. The largest absolute Gasteiger partial charge is 0.302 e. The fourth-order valence-corrected chi connectivity index (χ4v) is 2.13. The van der Waals surface area contributed by atoms with Crippen LogP contribution in [0, 0.1) is 6.92 Å². The second kappa shape index (κ2) is 6.48. The van der Waals surface area contributed by atoms with E-state index in [4.69, 9.17) is 23.2 Å². The number of likely N-dealkylation sites (N-methyl/N-ethyl adjacent to an activating group) is 1. The van der Waals surface area contributed by atoms with Gasteiger partial charge in [-0.25, -0.2) is 0 Å². The Balaban J connectivity index is 2.72. The van der Waals surface area contributed by atoms with Gasteiger partial charge in [-0.05, 0) is 37.2 Å². The molecule has 0 aromatic heterocycles. The SMILES string of the molecule is CCN(CC)CC(Cl)c1ccc(Cl)c(C)c1. The molecule has 0 heterocycles. The number of halogens is 2. The molecule has 0 N–H and O–H groups in total. The van der Waals surface area contributed by atoms with Crippen molar-refractivity contribution in [3.63, 3.8) is 0 Å². The smallest absolute Gasteiger partial charge is 0.0712 e. The molecular weight excluding hydrogens is 241 g/mol. The minimum absolute atomic E-state index is 0.0378. The van der Waals surface area contributed by atoms with Crippen molar-refractivity contribution in [2.75, 3.05) is 19.6 Å². The Labute approximate surface area is 108 Å². The number of aryl methyl sites for hydroxylation is 1. The van der Waals surface area contributed by atoms with Crippen molar-refractivity contribution in [3.8, 4) is 0 Å². The average molecular weight is 260 g/mol. The Morgan fingerprint density at radius 2 is 1.88 bits per heavy atom. The molecule has 0 saturated heterocycles. The van der Waals surface area contributed by atoms with Crippen molar-refractivity contribution < 1.29 is 0 Å². The van der Waals surface area contributed by atoms with Gasteiger partial charge >= 0.3 is 0 Å². The normalized spacial score (nSPS) is 13.1. The fourth-order valence-electron chi connectivity index (χ4n) is 1.68. The Morgan fingerprint density at radius 1 is 1.25 bits per heavy atom. The van der Waals surface area contributed by atoms with Crippen LogP contribution in [0.5, 0.6) is 0 Å². The summed E-state index contributed by atoms with van der Waals surface area (Å²) < 4.78 is 0. The first kappa shape index (κ1) is 13.8. The van der Waals surface area contributed by atoms with Crippen molar-refractivity contribution in [1.29, 1.82) is 0 Å². The first-order chi connectivity index (χ1) is 7.58. The number of hydrogen-bond acceptors (Lipinski definition) is 1. The molecule has 0 spiro atoms. The third-order valence-electron chi connectivity index (χ3n) is 2.86. The molecule has 90 valence electrons. The highest BCUT2D eigenvalue weighted by Gasteiger charge is 2.12. The Bertz CT molecular complexity index is 335. The van der Waals surface area contributed by atoms with E-state index in [1.807, 2.05) is 19.1 Å². The monoisotopic (exact) mass is 259 g/mol. The maximum absolute atomic E-state index is 6.40. The van der Waals surface area contributed by atoms with Gasteiger partial charge in [-0.15, -0.1) is 11.6 Å². The molecule has 3 heteroatoms. The summed E-state index contributed by atoms with van der Waals surface area (Å²) in [5.41, 5.74) is 2.24. The fraction of sp³-hybridized carbons (Fsp3) is 0.538. The van der Waals surface area contributed by atoms with Crippen LogP contribution in [0.3, 0.4) is 0 Å². The Kier molecular flexibility index (Phi) is 5.60. The second-order valence-corrected chi connectivity index (χ2v) is 4.90. The van der Waals surface area contributed by atoms with Crippen LogP contribution in [0.2, 0.25) is 5.02 Å². The zero-order valence-electron chi connectivity index (χ0n) is 10.1. The first-order valence-electron chi connectivity index (χ1n) is 5.71. The van der Waals surface area contributed by atoms with Crippen molar-refractivity contribution in [2.45, 2.75) is 26.1 Å². The summed E-state index contributed by atoms with van der Waals surface area (Å²) in [7, 11) is 0. The summed E-state index contributed by atoms with van der Waals surface area (Å²) >= 11 is 12.4. The molecule has 1 unspecified atom stereocenters. The third kappa shape index (κ3) is 3.65. The minimum Gasteiger partial charge on any atom is -0.302 e. The summed E-state index contributed by atoms with van der Waals surface area (Å²) in [6, 6.07) is 6.00. The van der Waals surface area contributed by atoms with E-state index < -0.39 is 0 Å². The lowest BCUT2D eigenvalue weighted by Gasteiger charge is -2.21. The number of alkyl halides is 1. The molecule has 1 aromatic rings. The highest BCUT2D eigenvalue weighted by molar-refractivity contribution is 6.31. The van der Waals surface area contributed by atoms with E-state index >= 15 is 0 Å². The van der Waals surface area contributed by atoms with Gasteiger partial charge in [0.05, 0.1) is 5.38 Å². The summed E-state index contributed by atoms with van der Waals surface area (Å²) in [6.45, 7) is 9.27. The van der Waals surface area contributed by atoms with Crippen LogP contribution in [0.25, 0.3) is 0 Å². The van der Waals surface area contributed by atoms with Gasteiger partial charge in [-0.2, -0.15) is 0 Å². The molecule has 1 nitrogen and oxygen atoms in total. The summed E-state index contributed by atoms with van der Waals surface area (Å²) in [5, 5.41) is 0.839. The molecule has 0 aliphatic heterocycles. The summed E-state index contributed by atoms with van der Waals surface area (Å²) in [5.74, 6) is 0. The van der Waals surface area contributed by atoms with E-state index in [0.717, 1.165) is 35.8 Å². The maximum atomic E-state index is 6.40. The zero-order chi connectivity index (χ0) is 12.1. The van der Waals surface area contributed by atoms with Gasteiger partial charge in [-0.1, -0.05) is 37.6 Å². The van der Waals surface area contributed by atoms with E-state index in [2.05, 4.69) is 24.8 Å². The first-order valence-corrected chi connectivity index (χ1v) is 6.52. The van der Waals surface area contributed by atoms with Crippen LogP contribution in [-0.2, 0) is 0 Å². The van der Waals surface area contributed by atoms with E-state index in [1.54, 1.807) is 0 Å². The lowest BCUT2D eigenvalue weighted by Crippen LogP contribution is -2.26. The van der Waals surface area contributed by atoms with Gasteiger partial charge in [0.15, 0.2) is 0 Å². The minimum atomic E-state index is 0.0378. The highest BCUT2D eigenvalue weighted by atomic mass is 35.5. The van der Waals surface area contributed by atoms with E-state index in [1.165, 1.54) is 0 Å². The van der Waals surface area contributed by atoms with Crippen LogP contribution in [0.15, 0.2) is 18.2 Å². The maximum Gasteiger partial charge on any atom is 0.0712 e. The van der Waals surface area contributed by atoms with E-state index in [-0.39, 0.29) is 5.38 Å². The molecule has 0 aliphatic carbocycles.